The normalized spacial score (nSPS) is 25.6. The largest absolute Gasteiger partial charge is 0.342 e. The molecular formula is C28H41N5O2. The second-order valence-electron chi connectivity index (χ2n) is 11.0. The number of rotatable bonds is 9. The van der Waals surface area contributed by atoms with Crippen LogP contribution in [-0.2, 0) is 9.59 Å². The van der Waals surface area contributed by atoms with Crippen LogP contribution >= 0.6 is 0 Å². The van der Waals surface area contributed by atoms with Gasteiger partial charge in [0, 0.05) is 36.7 Å². The van der Waals surface area contributed by atoms with Crippen molar-refractivity contribution in [2.75, 3.05) is 32.5 Å². The zero-order valence-corrected chi connectivity index (χ0v) is 22.0. The summed E-state index contributed by atoms with van der Waals surface area (Å²) in [5.74, 6) is 0.599. The lowest BCUT2D eigenvalue weighted by molar-refractivity contribution is -0.130. The number of likely N-dealkylation sites (tertiary alicyclic amines) is 1. The van der Waals surface area contributed by atoms with Gasteiger partial charge in [-0.3, -0.25) is 14.5 Å². The van der Waals surface area contributed by atoms with E-state index >= 15 is 0 Å². The van der Waals surface area contributed by atoms with Crippen molar-refractivity contribution < 1.29 is 9.59 Å². The lowest BCUT2D eigenvalue weighted by atomic mass is 9.64. The molecule has 0 atom stereocenters. The minimum atomic E-state index is -0.621. The van der Waals surface area contributed by atoms with Crippen molar-refractivity contribution in [3.8, 4) is 0 Å². The van der Waals surface area contributed by atoms with Gasteiger partial charge in [-0.15, -0.1) is 0 Å². The maximum atomic E-state index is 13.0. The van der Waals surface area contributed by atoms with Crippen molar-refractivity contribution in [2.24, 2.45) is 10.8 Å². The van der Waals surface area contributed by atoms with E-state index in [0.29, 0.717) is 25.2 Å². The zero-order chi connectivity index (χ0) is 25.7. The van der Waals surface area contributed by atoms with Crippen LogP contribution in [0.3, 0.4) is 0 Å². The molecule has 0 bridgehead atoms. The molecule has 7 nitrogen and oxygen atoms in total. The van der Waals surface area contributed by atoms with Crippen LogP contribution < -0.4 is 5.32 Å². The average molecular weight is 480 g/mol. The second kappa shape index (κ2) is 10.9. The summed E-state index contributed by atoms with van der Waals surface area (Å²) in [6, 6.07) is 1.67. The molecule has 0 radical (unpaired) electrons. The first-order valence-electron chi connectivity index (χ1n) is 12.6. The number of nitrogens with one attached hydrogen (secondary N) is 1. The lowest BCUT2D eigenvalue weighted by Gasteiger charge is -2.49. The van der Waals surface area contributed by atoms with Crippen LogP contribution in [-0.4, -0.2) is 64.3 Å². The Labute approximate surface area is 210 Å². The molecular weight excluding hydrogens is 438 g/mol. The Morgan fingerprint density at radius 3 is 2.57 bits per heavy atom. The Morgan fingerprint density at radius 2 is 2.00 bits per heavy atom. The van der Waals surface area contributed by atoms with E-state index in [1.807, 2.05) is 37.8 Å². The minimum Gasteiger partial charge on any atom is -0.342 e. The topological polar surface area (TPSA) is 78.4 Å². The number of allylic oxidation sites excluding steroid dienone is 3. The third kappa shape index (κ3) is 5.89. The molecule has 1 N–H and O–H groups in total. The number of aromatic nitrogens is 2. The lowest BCUT2D eigenvalue weighted by Crippen LogP contribution is -2.50. The van der Waals surface area contributed by atoms with Gasteiger partial charge >= 0.3 is 0 Å². The average Bonchev–Trinajstić information content (AvgIpc) is 3.14. The molecule has 190 valence electrons. The van der Waals surface area contributed by atoms with E-state index in [-0.39, 0.29) is 22.8 Å². The van der Waals surface area contributed by atoms with E-state index in [1.165, 1.54) is 11.9 Å². The standard InChI is InChI=1S/C28H41N5O2/c1-7-9-10-22(8-2)28(32(5)6)14-12-27(13-15-28)19-24(34)33(20-27)18-16-26(3,4)25(35)31-23-11-17-29-21-30-23/h7-11,17,21H,2,12-16,18-20H2,1,3-6H3,(H,29,30,31,35)/b9-7-,22-10+/t27-,28+. The molecule has 2 aliphatic rings. The van der Waals surface area contributed by atoms with Crippen LogP contribution in [0.4, 0.5) is 5.82 Å². The summed E-state index contributed by atoms with van der Waals surface area (Å²) in [7, 11) is 4.29. The third-order valence-electron chi connectivity index (χ3n) is 8.07. The summed E-state index contributed by atoms with van der Waals surface area (Å²) in [5.41, 5.74) is 0.596. The molecule has 1 aliphatic heterocycles. The Hall–Kier alpha value is -2.80. The summed E-state index contributed by atoms with van der Waals surface area (Å²) in [6.07, 6.45) is 16.5. The number of likely N-dealkylation sites (N-methyl/N-ethyl adjacent to an activating group) is 1. The first-order chi connectivity index (χ1) is 16.6. The van der Waals surface area contributed by atoms with Crippen molar-refractivity contribution in [3.63, 3.8) is 0 Å². The molecule has 1 aromatic heterocycles. The highest BCUT2D eigenvalue weighted by molar-refractivity contribution is 5.94. The molecule has 2 fully saturated rings. The van der Waals surface area contributed by atoms with Gasteiger partial charge in [-0.25, -0.2) is 9.97 Å². The molecule has 0 unspecified atom stereocenters. The van der Waals surface area contributed by atoms with Crippen LogP contribution in [0.1, 0.15) is 59.3 Å². The van der Waals surface area contributed by atoms with Crippen LogP contribution in [0.15, 0.2) is 55.0 Å². The van der Waals surface area contributed by atoms with E-state index in [4.69, 9.17) is 0 Å². The molecule has 1 spiro atoms. The van der Waals surface area contributed by atoms with Crippen molar-refractivity contribution >= 4 is 17.6 Å². The highest BCUT2D eigenvalue weighted by Gasteiger charge is 2.50. The van der Waals surface area contributed by atoms with Crippen LogP contribution in [0.5, 0.6) is 0 Å². The number of carbonyl (C=O) groups excluding carboxylic acids is 2. The fraction of sp³-hybridized carbons (Fsp3) is 0.571. The molecule has 3 rings (SSSR count). The van der Waals surface area contributed by atoms with E-state index < -0.39 is 5.41 Å². The van der Waals surface area contributed by atoms with Gasteiger partial charge in [-0.05, 0) is 70.2 Å². The number of carbonyl (C=O) groups is 2. The van der Waals surface area contributed by atoms with Gasteiger partial charge in [0.25, 0.3) is 0 Å². The third-order valence-corrected chi connectivity index (χ3v) is 8.07. The molecule has 2 amide bonds. The molecule has 35 heavy (non-hydrogen) atoms. The van der Waals surface area contributed by atoms with Gasteiger partial charge in [0.2, 0.25) is 11.8 Å². The van der Waals surface area contributed by atoms with Gasteiger partial charge in [-0.1, -0.05) is 44.7 Å². The molecule has 0 aromatic carbocycles. The summed E-state index contributed by atoms with van der Waals surface area (Å²) < 4.78 is 0. The molecule has 1 saturated carbocycles. The SMILES string of the molecule is C=C/C(=C\C=C/C)[C@]1(N(C)C)CC[C@@]2(CC1)CC(=O)N(CCC(C)(C)C(=O)Nc1ccncn1)C2. The Morgan fingerprint density at radius 1 is 1.29 bits per heavy atom. The van der Waals surface area contributed by atoms with Gasteiger partial charge in [0.1, 0.15) is 12.1 Å². The quantitative estimate of drug-likeness (QED) is 0.523. The van der Waals surface area contributed by atoms with Gasteiger partial charge in [-0.2, -0.15) is 0 Å². The van der Waals surface area contributed by atoms with Crippen molar-refractivity contribution in [1.29, 1.82) is 0 Å². The smallest absolute Gasteiger partial charge is 0.231 e. The van der Waals surface area contributed by atoms with Crippen molar-refractivity contribution in [1.82, 2.24) is 19.8 Å². The number of hydrogen-bond donors (Lipinski definition) is 1. The van der Waals surface area contributed by atoms with E-state index in [2.05, 4.69) is 53.0 Å². The summed E-state index contributed by atoms with van der Waals surface area (Å²) in [5, 5.41) is 2.86. The van der Waals surface area contributed by atoms with Crippen LogP contribution in [0.25, 0.3) is 0 Å². The summed E-state index contributed by atoms with van der Waals surface area (Å²) >= 11 is 0. The predicted octanol–water partition coefficient (Wildman–Crippen LogP) is 4.61. The second-order valence-corrected chi connectivity index (χ2v) is 11.0. The molecule has 1 saturated heterocycles. The van der Waals surface area contributed by atoms with Gasteiger partial charge < -0.3 is 10.2 Å². The first kappa shape index (κ1) is 26.8. The highest BCUT2D eigenvalue weighted by atomic mass is 16.2. The number of hydrogen-bond acceptors (Lipinski definition) is 5. The van der Waals surface area contributed by atoms with Gasteiger partial charge in [0.15, 0.2) is 0 Å². The van der Waals surface area contributed by atoms with E-state index in [0.717, 1.165) is 32.2 Å². The monoisotopic (exact) mass is 479 g/mol. The summed E-state index contributed by atoms with van der Waals surface area (Å²) in [6.45, 7) is 11.3. The van der Waals surface area contributed by atoms with E-state index in [1.54, 1.807) is 12.3 Å². The Kier molecular flexibility index (Phi) is 8.31. The Bertz CT molecular complexity index is 972. The fourth-order valence-electron chi connectivity index (χ4n) is 5.50. The first-order valence-corrected chi connectivity index (χ1v) is 12.6. The molecule has 1 aromatic rings. The molecule has 2 heterocycles. The Balaban J connectivity index is 1.62. The van der Waals surface area contributed by atoms with Crippen molar-refractivity contribution in [3.05, 3.63) is 55.0 Å². The minimum absolute atomic E-state index is 0.0246. The highest BCUT2D eigenvalue weighted by Crippen LogP contribution is 2.51. The number of amides is 2. The van der Waals surface area contributed by atoms with Crippen molar-refractivity contribution in [2.45, 2.75) is 64.8 Å². The maximum Gasteiger partial charge on any atom is 0.231 e. The van der Waals surface area contributed by atoms with Gasteiger partial charge in [0.05, 0.1) is 0 Å². The van der Waals surface area contributed by atoms with E-state index in [9.17, 15) is 9.59 Å². The van der Waals surface area contributed by atoms with Crippen LogP contribution in [0, 0.1) is 10.8 Å². The predicted molar refractivity (Wildman–Crippen MR) is 141 cm³/mol. The maximum absolute atomic E-state index is 13.0. The number of nitrogens with zero attached hydrogens (tertiary/aromatic N) is 4. The summed E-state index contributed by atoms with van der Waals surface area (Å²) in [4.78, 5) is 38.1. The zero-order valence-electron chi connectivity index (χ0n) is 22.0. The fourth-order valence-corrected chi connectivity index (χ4v) is 5.50. The number of anilines is 1. The molecule has 7 heteroatoms. The van der Waals surface area contributed by atoms with Crippen LogP contribution in [0.2, 0.25) is 0 Å². The molecule has 1 aliphatic carbocycles.